The number of ether oxygens (including phenoxy) is 1. The number of unbranched alkanes of at least 4 members (excludes halogenated alkanes) is 2. The Balaban J connectivity index is 2.05. The Morgan fingerprint density at radius 3 is 2.42 bits per heavy atom. The first kappa shape index (κ1) is 37.1. The number of carbonyl (C=O) groups excluding carboxylic acids is 1. The first-order valence-corrected chi connectivity index (χ1v) is 16.3. The highest BCUT2D eigenvalue weighted by Crippen LogP contribution is 2.57. The number of carboxylic acid groups (broad SMARTS) is 1. The van der Waals surface area contributed by atoms with Crippen molar-refractivity contribution in [2.75, 3.05) is 25.6 Å². The molecule has 0 aromatic heterocycles. The molecular weight excluding hydrogens is 663 g/mol. The molecule has 1 aliphatic rings. The third-order valence-electron chi connectivity index (χ3n) is 8.82. The van der Waals surface area contributed by atoms with E-state index in [4.69, 9.17) is 27.9 Å². The normalized spacial score (nSPS) is 21.1. The molecule has 0 unspecified atom stereocenters. The zero-order valence-corrected chi connectivity index (χ0v) is 28.7. The molecule has 0 radical (unpaired) electrons. The molecule has 1 heterocycles. The van der Waals surface area contributed by atoms with Gasteiger partial charge in [0.1, 0.15) is 22.8 Å². The molecule has 48 heavy (non-hydrogen) atoms. The fraction of sp³-hybridized carbons (Fsp3) is 0.417. The number of aliphatic hydroxyl groups excluding tert-OH is 1. The predicted octanol–water partition coefficient (Wildman–Crippen LogP) is 7.81. The molecule has 3 N–H and O–H groups in total. The fourth-order valence-electron chi connectivity index (χ4n) is 6.83. The van der Waals surface area contributed by atoms with Crippen LogP contribution in [0.25, 0.3) is 0 Å². The van der Waals surface area contributed by atoms with Crippen molar-refractivity contribution in [1.82, 2.24) is 4.90 Å². The van der Waals surface area contributed by atoms with Crippen LogP contribution in [-0.4, -0.2) is 59.3 Å². The number of nitrogens with zero attached hydrogens (tertiary/aromatic N) is 2. The average molecular weight is 703 g/mol. The molecule has 256 valence electrons. The van der Waals surface area contributed by atoms with E-state index >= 15 is 8.78 Å². The van der Waals surface area contributed by atoms with Gasteiger partial charge in [0.15, 0.2) is 0 Å². The maximum Gasteiger partial charge on any atom is 0.335 e. The van der Waals surface area contributed by atoms with E-state index in [0.717, 1.165) is 6.07 Å². The average Bonchev–Trinajstić information content (AvgIpc) is 3.28. The molecule has 1 saturated heterocycles. The van der Waals surface area contributed by atoms with Crippen LogP contribution in [0.4, 0.5) is 14.5 Å². The number of nitriles is 1. The third-order valence-corrected chi connectivity index (χ3v) is 9.35. The number of rotatable bonds is 12. The molecule has 8 nitrogen and oxygen atoms in total. The van der Waals surface area contributed by atoms with E-state index in [1.165, 1.54) is 55.6 Å². The molecule has 1 amide bonds. The standard InChI is InChI=1S/C36H39Cl2F2N3O5/c1-35(2,3)19-29-36(20-41,24-13-12-22(37)18-26(24)39)30(23-9-8-10-25(38)31(23)40)32(43(29)15-6-5-7-16-44)33(45)42-27-14-11-21(34(46)47)17-28(27)48-4/h8-14,17-18,29-30,32,44H,5-7,15-16,19H2,1-4H3,(H,42,45)(H,46,47)/t29-,30-,32+,36-/m0/s1. The second-order valence-corrected chi connectivity index (χ2v) is 14.0. The summed E-state index contributed by atoms with van der Waals surface area (Å²) >= 11 is 12.5. The van der Waals surface area contributed by atoms with E-state index in [1.807, 2.05) is 25.7 Å². The van der Waals surface area contributed by atoms with Gasteiger partial charge in [0.2, 0.25) is 5.91 Å². The molecule has 0 saturated carbocycles. The number of likely N-dealkylation sites (tertiary alicyclic amines) is 1. The van der Waals surface area contributed by atoms with E-state index in [0.29, 0.717) is 25.7 Å². The number of nitrogens with one attached hydrogen (secondary N) is 1. The van der Waals surface area contributed by atoms with E-state index in [1.54, 1.807) is 0 Å². The molecule has 0 aliphatic carbocycles. The lowest BCUT2D eigenvalue weighted by Crippen LogP contribution is -2.48. The van der Waals surface area contributed by atoms with E-state index in [2.05, 4.69) is 11.4 Å². The van der Waals surface area contributed by atoms with Crippen molar-refractivity contribution in [3.8, 4) is 11.8 Å². The molecule has 12 heteroatoms. The Kier molecular flexibility index (Phi) is 11.7. The van der Waals surface area contributed by atoms with Crippen molar-refractivity contribution in [1.29, 1.82) is 5.26 Å². The number of methoxy groups -OCH3 is 1. The number of aliphatic hydroxyl groups is 1. The number of hydrogen-bond donors (Lipinski definition) is 3. The number of anilines is 1. The summed E-state index contributed by atoms with van der Waals surface area (Å²) in [6.45, 7) is 6.12. The Morgan fingerprint density at radius 1 is 1.08 bits per heavy atom. The number of amides is 1. The molecule has 3 aromatic rings. The number of benzene rings is 3. The maximum absolute atomic E-state index is 16.3. The van der Waals surface area contributed by atoms with Crippen molar-refractivity contribution in [2.45, 2.75) is 69.9 Å². The molecular formula is C36H39Cl2F2N3O5. The van der Waals surface area contributed by atoms with Gasteiger partial charge in [-0.1, -0.05) is 62.2 Å². The van der Waals surface area contributed by atoms with Gasteiger partial charge < -0.3 is 20.3 Å². The van der Waals surface area contributed by atoms with Crippen molar-refractivity contribution in [2.24, 2.45) is 5.41 Å². The summed E-state index contributed by atoms with van der Waals surface area (Å²) in [4.78, 5) is 28.2. The number of hydrogen-bond acceptors (Lipinski definition) is 6. The van der Waals surface area contributed by atoms with Crippen molar-refractivity contribution >= 4 is 40.8 Å². The van der Waals surface area contributed by atoms with E-state index in [9.17, 15) is 25.1 Å². The molecule has 0 bridgehead atoms. The summed E-state index contributed by atoms with van der Waals surface area (Å²) in [6, 6.07) is 12.6. The predicted molar refractivity (Wildman–Crippen MR) is 181 cm³/mol. The van der Waals surface area contributed by atoms with Crippen LogP contribution >= 0.6 is 23.2 Å². The maximum atomic E-state index is 16.3. The first-order valence-electron chi connectivity index (χ1n) is 15.6. The summed E-state index contributed by atoms with van der Waals surface area (Å²) in [5, 5.41) is 33.0. The van der Waals surface area contributed by atoms with E-state index < -0.39 is 52.3 Å². The SMILES string of the molecule is COc1cc(C(=O)O)ccc1NC(=O)[C@H]1[C@H](c2cccc(Cl)c2F)[C@@](C#N)(c2ccc(Cl)cc2F)[C@H](CC(C)(C)C)N1CCCCCO. The van der Waals surface area contributed by atoms with Crippen LogP contribution in [0.2, 0.25) is 10.0 Å². The lowest BCUT2D eigenvalue weighted by Gasteiger charge is -2.39. The zero-order chi connectivity index (χ0) is 35.4. The van der Waals surface area contributed by atoms with Crippen molar-refractivity contribution in [3.63, 3.8) is 0 Å². The van der Waals surface area contributed by atoms with Crippen LogP contribution in [0.15, 0.2) is 54.6 Å². The topological polar surface area (TPSA) is 123 Å². The van der Waals surface area contributed by atoms with Crippen LogP contribution in [-0.2, 0) is 10.2 Å². The van der Waals surface area contributed by atoms with Gasteiger partial charge in [-0.05, 0) is 79.6 Å². The number of carboxylic acids is 1. The third kappa shape index (κ3) is 7.45. The Morgan fingerprint density at radius 2 is 1.81 bits per heavy atom. The highest BCUT2D eigenvalue weighted by atomic mass is 35.5. The summed E-state index contributed by atoms with van der Waals surface area (Å²) in [6.07, 6.45) is 1.92. The number of carbonyl (C=O) groups is 2. The van der Waals surface area contributed by atoms with E-state index in [-0.39, 0.29) is 51.3 Å². The van der Waals surface area contributed by atoms with Gasteiger partial charge >= 0.3 is 5.97 Å². The van der Waals surface area contributed by atoms with Crippen LogP contribution in [0, 0.1) is 28.4 Å². The highest BCUT2D eigenvalue weighted by molar-refractivity contribution is 6.31. The van der Waals surface area contributed by atoms with Crippen LogP contribution in [0.5, 0.6) is 5.75 Å². The van der Waals surface area contributed by atoms with Crippen molar-refractivity contribution < 1.29 is 33.3 Å². The van der Waals surface area contributed by atoms with Crippen LogP contribution < -0.4 is 10.1 Å². The number of aromatic carboxylic acids is 1. The largest absolute Gasteiger partial charge is 0.495 e. The minimum absolute atomic E-state index is 0.0318. The minimum atomic E-state index is -1.83. The molecule has 3 aromatic carbocycles. The Labute approximate surface area is 289 Å². The van der Waals surface area contributed by atoms with Gasteiger partial charge in [-0.3, -0.25) is 9.69 Å². The zero-order valence-electron chi connectivity index (χ0n) is 27.2. The van der Waals surface area contributed by atoms with Crippen molar-refractivity contribution in [3.05, 3.63) is 93.0 Å². The van der Waals surface area contributed by atoms with Gasteiger partial charge in [0.25, 0.3) is 0 Å². The van der Waals surface area contributed by atoms with Crippen LogP contribution in [0.3, 0.4) is 0 Å². The molecule has 1 fully saturated rings. The van der Waals surface area contributed by atoms with Gasteiger partial charge in [0.05, 0.1) is 35.5 Å². The minimum Gasteiger partial charge on any atom is -0.495 e. The monoisotopic (exact) mass is 701 g/mol. The fourth-order valence-corrected chi connectivity index (χ4v) is 7.17. The Hall–Kier alpha value is -3.75. The Bertz CT molecular complexity index is 1710. The quantitative estimate of drug-likeness (QED) is 0.165. The smallest absolute Gasteiger partial charge is 0.335 e. The first-order chi connectivity index (χ1) is 22.7. The summed E-state index contributed by atoms with van der Waals surface area (Å²) in [5.74, 6) is -4.66. The molecule has 0 spiro atoms. The summed E-state index contributed by atoms with van der Waals surface area (Å²) < 4.78 is 37.9. The summed E-state index contributed by atoms with van der Waals surface area (Å²) in [5.41, 5.74) is -2.27. The van der Waals surface area contributed by atoms with Gasteiger partial charge in [-0.2, -0.15) is 5.26 Å². The van der Waals surface area contributed by atoms with Gasteiger partial charge in [-0.15, -0.1) is 0 Å². The lowest BCUT2D eigenvalue weighted by molar-refractivity contribution is -0.121. The van der Waals surface area contributed by atoms with Crippen LogP contribution in [0.1, 0.15) is 73.9 Å². The van der Waals surface area contributed by atoms with Gasteiger partial charge in [-0.25, -0.2) is 13.6 Å². The highest BCUT2D eigenvalue weighted by Gasteiger charge is 2.64. The molecule has 4 atom stereocenters. The second kappa shape index (κ2) is 15.2. The van der Waals surface area contributed by atoms with Gasteiger partial charge in [0, 0.05) is 29.2 Å². The molecule has 4 rings (SSSR count). The lowest BCUT2D eigenvalue weighted by atomic mass is 9.62. The molecule has 1 aliphatic heterocycles. The summed E-state index contributed by atoms with van der Waals surface area (Å²) in [7, 11) is 1.33. The second-order valence-electron chi connectivity index (χ2n) is 13.2. The number of halogens is 4.